The fourth-order valence-corrected chi connectivity index (χ4v) is 4.44. The Labute approximate surface area is 145 Å². The molecule has 3 nitrogen and oxygen atoms in total. The van der Waals surface area contributed by atoms with Gasteiger partial charge in [-0.2, -0.15) is 13.2 Å². The van der Waals surface area contributed by atoms with E-state index in [1.807, 2.05) is 4.90 Å². The molecule has 1 N–H and O–H groups in total. The summed E-state index contributed by atoms with van der Waals surface area (Å²) in [7, 11) is 0. The first kappa shape index (κ1) is 16.9. The highest BCUT2D eigenvalue weighted by Crippen LogP contribution is 2.50. The van der Waals surface area contributed by atoms with Crippen LogP contribution in [0.5, 0.6) is 0 Å². The Morgan fingerprint density at radius 2 is 1.96 bits per heavy atom. The molecule has 1 aromatic carbocycles. The summed E-state index contributed by atoms with van der Waals surface area (Å²) in [6, 6.07) is 5.44. The molecule has 2 heterocycles. The van der Waals surface area contributed by atoms with Crippen LogP contribution in [0.15, 0.2) is 24.3 Å². The molecule has 3 fully saturated rings. The lowest BCUT2D eigenvalue weighted by Crippen LogP contribution is -2.44. The Morgan fingerprint density at radius 3 is 2.60 bits per heavy atom. The first-order valence-electron chi connectivity index (χ1n) is 9.05. The Morgan fingerprint density at radius 1 is 1.20 bits per heavy atom. The van der Waals surface area contributed by atoms with E-state index in [-0.39, 0.29) is 17.7 Å². The van der Waals surface area contributed by atoms with Crippen molar-refractivity contribution in [2.75, 3.05) is 26.2 Å². The number of amides is 1. The second-order valence-electron chi connectivity index (χ2n) is 7.82. The molecule has 1 amide bonds. The van der Waals surface area contributed by atoms with Gasteiger partial charge in [0.2, 0.25) is 5.91 Å². The van der Waals surface area contributed by atoms with Gasteiger partial charge in [0, 0.05) is 25.6 Å². The van der Waals surface area contributed by atoms with Crippen LogP contribution in [-0.2, 0) is 11.0 Å². The second kappa shape index (κ2) is 6.01. The summed E-state index contributed by atoms with van der Waals surface area (Å²) in [5.74, 6) is -0.0683. The standard InChI is InChI=1S/C19H23F3N2O/c20-19(21,22)14-3-1-2-13(10-14)15-11-16(15)17(25)24-8-5-18(6-9-24)4-7-23-12-18/h1-3,10,15-16,23H,4-9,11-12H2. The van der Waals surface area contributed by atoms with Gasteiger partial charge >= 0.3 is 6.18 Å². The molecule has 2 saturated heterocycles. The Kier molecular flexibility index (Phi) is 4.06. The maximum atomic E-state index is 12.9. The Bertz CT molecular complexity index is 657. The van der Waals surface area contributed by atoms with Crippen molar-refractivity contribution in [2.24, 2.45) is 11.3 Å². The van der Waals surface area contributed by atoms with Gasteiger partial charge in [-0.25, -0.2) is 0 Å². The number of carbonyl (C=O) groups is 1. The third kappa shape index (κ3) is 3.28. The summed E-state index contributed by atoms with van der Waals surface area (Å²) in [5, 5.41) is 3.41. The molecule has 1 spiro atoms. The highest BCUT2D eigenvalue weighted by molar-refractivity contribution is 5.83. The number of hydrogen-bond acceptors (Lipinski definition) is 2. The Hall–Kier alpha value is -1.56. The predicted molar refractivity (Wildman–Crippen MR) is 88.0 cm³/mol. The van der Waals surface area contributed by atoms with Crippen LogP contribution in [0.2, 0.25) is 0 Å². The molecule has 0 radical (unpaired) electrons. The third-order valence-corrected chi connectivity index (χ3v) is 6.22. The maximum Gasteiger partial charge on any atom is 0.416 e. The molecule has 2 atom stereocenters. The van der Waals surface area contributed by atoms with Crippen molar-refractivity contribution >= 4 is 5.91 Å². The summed E-state index contributed by atoms with van der Waals surface area (Å²) in [6.07, 6.45) is -0.408. The van der Waals surface area contributed by atoms with Crippen LogP contribution in [0, 0.1) is 11.3 Å². The number of benzene rings is 1. The van der Waals surface area contributed by atoms with E-state index in [1.165, 1.54) is 18.6 Å². The van der Waals surface area contributed by atoms with Gasteiger partial charge in [-0.05, 0) is 55.2 Å². The molecule has 6 heteroatoms. The number of likely N-dealkylation sites (tertiary alicyclic amines) is 1. The minimum atomic E-state index is -4.33. The highest BCUT2D eigenvalue weighted by atomic mass is 19.4. The largest absolute Gasteiger partial charge is 0.416 e. The zero-order valence-electron chi connectivity index (χ0n) is 14.1. The fraction of sp³-hybridized carbons (Fsp3) is 0.632. The van der Waals surface area contributed by atoms with E-state index in [0.29, 0.717) is 17.4 Å². The average molecular weight is 352 g/mol. The van der Waals surface area contributed by atoms with Gasteiger partial charge in [0.1, 0.15) is 0 Å². The van der Waals surface area contributed by atoms with E-state index >= 15 is 0 Å². The van der Waals surface area contributed by atoms with Gasteiger partial charge < -0.3 is 10.2 Å². The summed E-state index contributed by atoms with van der Waals surface area (Å²) in [4.78, 5) is 14.6. The van der Waals surface area contributed by atoms with Crippen LogP contribution < -0.4 is 5.32 Å². The molecule has 1 saturated carbocycles. The van der Waals surface area contributed by atoms with Crippen LogP contribution in [-0.4, -0.2) is 37.0 Å². The molecule has 136 valence electrons. The molecule has 4 rings (SSSR count). The zero-order chi connectivity index (χ0) is 17.7. The number of carbonyl (C=O) groups excluding carboxylic acids is 1. The van der Waals surface area contributed by atoms with Crippen LogP contribution >= 0.6 is 0 Å². The molecular formula is C19H23F3N2O. The fourth-order valence-electron chi connectivity index (χ4n) is 4.44. The lowest BCUT2D eigenvalue weighted by atomic mass is 9.78. The van der Waals surface area contributed by atoms with E-state index in [0.717, 1.165) is 45.1 Å². The van der Waals surface area contributed by atoms with Crippen molar-refractivity contribution in [3.8, 4) is 0 Å². The van der Waals surface area contributed by atoms with Gasteiger partial charge in [0.25, 0.3) is 0 Å². The van der Waals surface area contributed by atoms with Crippen LogP contribution in [0.25, 0.3) is 0 Å². The van der Waals surface area contributed by atoms with Crippen molar-refractivity contribution in [3.63, 3.8) is 0 Å². The summed E-state index contributed by atoms with van der Waals surface area (Å²) >= 11 is 0. The summed E-state index contributed by atoms with van der Waals surface area (Å²) in [5.41, 5.74) is 0.374. The van der Waals surface area contributed by atoms with Crippen molar-refractivity contribution < 1.29 is 18.0 Å². The van der Waals surface area contributed by atoms with E-state index in [2.05, 4.69) is 5.32 Å². The first-order chi connectivity index (χ1) is 11.9. The van der Waals surface area contributed by atoms with E-state index in [4.69, 9.17) is 0 Å². The quantitative estimate of drug-likeness (QED) is 0.885. The topological polar surface area (TPSA) is 32.3 Å². The minimum Gasteiger partial charge on any atom is -0.342 e. The van der Waals surface area contributed by atoms with E-state index < -0.39 is 11.7 Å². The SMILES string of the molecule is O=C(C1CC1c1cccc(C(F)(F)F)c1)N1CCC2(CCNC2)CC1. The van der Waals surface area contributed by atoms with Crippen molar-refractivity contribution in [2.45, 2.75) is 37.8 Å². The number of nitrogens with zero attached hydrogens (tertiary/aromatic N) is 1. The molecular weight excluding hydrogens is 329 g/mol. The van der Waals surface area contributed by atoms with Gasteiger partial charge in [-0.15, -0.1) is 0 Å². The first-order valence-corrected chi connectivity index (χ1v) is 9.05. The lowest BCUT2D eigenvalue weighted by Gasteiger charge is -2.39. The molecule has 2 aliphatic heterocycles. The smallest absolute Gasteiger partial charge is 0.342 e. The monoisotopic (exact) mass is 352 g/mol. The van der Waals surface area contributed by atoms with Gasteiger partial charge in [0.05, 0.1) is 5.56 Å². The average Bonchev–Trinajstić information content (AvgIpc) is 3.28. The molecule has 1 aromatic rings. The van der Waals surface area contributed by atoms with Gasteiger partial charge in [-0.1, -0.05) is 18.2 Å². The molecule has 3 aliphatic rings. The second-order valence-corrected chi connectivity index (χ2v) is 7.82. The van der Waals surface area contributed by atoms with Gasteiger partial charge in [0.15, 0.2) is 0 Å². The van der Waals surface area contributed by atoms with E-state index in [1.54, 1.807) is 6.07 Å². The number of halogens is 3. The summed E-state index contributed by atoms with van der Waals surface area (Å²) in [6.45, 7) is 3.68. The van der Waals surface area contributed by atoms with Crippen molar-refractivity contribution in [1.29, 1.82) is 0 Å². The Balaban J connectivity index is 1.38. The molecule has 25 heavy (non-hydrogen) atoms. The highest BCUT2D eigenvalue weighted by Gasteiger charge is 2.48. The van der Waals surface area contributed by atoms with Crippen molar-refractivity contribution in [1.82, 2.24) is 10.2 Å². The number of alkyl halides is 3. The number of nitrogens with one attached hydrogen (secondary N) is 1. The third-order valence-electron chi connectivity index (χ3n) is 6.22. The van der Waals surface area contributed by atoms with Crippen LogP contribution in [0.3, 0.4) is 0 Å². The maximum absolute atomic E-state index is 12.9. The zero-order valence-corrected chi connectivity index (χ0v) is 14.1. The normalized spacial score (nSPS) is 28.4. The number of rotatable bonds is 2. The molecule has 0 aromatic heterocycles. The molecule has 0 bridgehead atoms. The van der Waals surface area contributed by atoms with Crippen LogP contribution in [0.1, 0.15) is 42.7 Å². The number of hydrogen-bond donors (Lipinski definition) is 1. The van der Waals surface area contributed by atoms with Gasteiger partial charge in [-0.3, -0.25) is 4.79 Å². The predicted octanol–water partition coefficient (Wildman–Crippen LogP) is 3.41. The molecule has 2 unspecified atom stereocenters. The lowest BCUT2D eigenvalue weighted by molar-refractivity contribution is -0.137. The molecule has 1 aliphatic carbocycles. The van der Waals surface area contributed by atoms with E-state index in [9.17, 15) is 18.0 Å². The van der Waals surface area contributed by atoms with Crippen LogP contribution in [0.4, 0.5) is 13.2 Å². The number of piperidine rings is 1. The van der Waals surface area contributed by atoms with Crippen molar-refractivity contribution in [3.05, 3.63) is 35.4 Å². The summed E-state index contributed by atoms with van der Waals surface area (Å²) < 4.78 is 38.6. The minimum absolute atomic E-state index is 0.0566.